The molecule has 5 heteroatoms. The standard InChI is InChI=1S/C15H29N3O2/c1-3-4-5-6-11-20-13-14(19)12-16-8-7-15-17-9-10-18(15)2/h9-10,14,16,19H,3-8,11-13H2,1-2H3. The maximum Gasteiger partial charge on any atom is 0.109 e. The Morgan fingerprint density at radius 3 is 2.95 bits per heavy atom. The van der Waals surface area contributed by atoms with Gasteiger partial charge in [0.1, 0.15) is 5.82 Å². The molecule has 0 aliphatic heterocycles. The first kappa shape index (κ1) is 17.1. The Kier molecular flexibility index (Phi) is 9.28. The van der Waals surface area contributed by atoms with Gasteiger partial charge in [-0.2, -0.15) is 0 Å². The number of hydrogen-bond acceptors (Lipinski definition) is 4. The second-order valence-electron chi connectivity index (χ2n) is 5.20. The molecule has 1 atom stereocenters. The van der Waals surface area contributed by atoms with Crippen LogP contribution in [0.1, 0.15) is 38.4 Å². The summed E-state index contributed by atoms with van der Waals surface area (Å²) < 4.78 is 7.47. The van der Waals surface area contributed by atoms with Gasteiger partial charge in [0.2, 0.25) is 0 Å². The van der Waals surface area contributed by atoms with Crippen LogP contribution in [0.25, 0.3) is 0 Å². The second kappa shape index (κ2) is 10.8. The molecule has 5 nitrogen and oxygen atoms in total. The number of unbranched alkanes of at least 4 members (excludes halogenated alkanes) is 3. The summed E-state index contributed by atoms with van der Waals surface area (Å²) in [7, 11) is 1.99. The first-order valence-electron chi connectivity index (χ1n) is 7.66. The highest BCUT2D eigenvalue weighted by atomic mass is 16.5. The average molecular weight is 283 g/mol. The maximum absolute atomic E-state index is 9.76. The number of aryl methyl sites for hydroxylation is 1. The monoisotopic (exact) mass is 283 g/mol. The molecular formula is C15H29N3O2. The van der Waals surface area contributed by atoms with Gasteiger partial charge in [-0.1, -0.05) is 26.2 Å². The lowest BCUT2D eigenvalue weighted by Crippen LogP contribution is -2.32. The lowest BCUT2D eigenvalue weighted by molar-refractivity contribution is 0.0356. The van der Waals surface area contributed by atoms with E-state index in [1.807, 2.05) is 17.8 Å². The summed E-state index contributed by atoms with van der Waals surface area (Å²) in [6.07, 6.45) is 8.99. The van der Waals surface area contributed by atoms with Crippen LogP contribution in [0.4, 0.5) is 0 Å². The lowest BCUT2D eigenvalue weighted by Gasteiger charge is -2.12. The molecule has 116 valence electrons. The van der Waals surface area contributed by atoms with Gasteiger partial charge in [-0.15, -0.1) is 0 Å². The van der Waals surface area contributed by atoms with E-state index < -0.39 is 6.10 Å². The maximum atomic E-state index is 9.76. The number of aliphatic hydroxyl groups excluding tert-OH is 1. The summed E-state index contributed by atoms with van der Waals surface area (Å²) in [5, 5.41) is 13.0. The van der Waals surface area contributed by atoms with Gasteiger partial charge in [-0.05, 0) is 6.42 Å². The van der Waals surface area contributed by atoms with Crippen LogP contribution in [0, 0.1) is 0 Å². The largest absolute Gasteiger partial charge is 0.389 e. The average Bonchev–Trinajstić information content (AvgIpc) is 2.84. The van der Waals surface area contributed by atoms with Gasteiger partial charge in [0.15, 0.2) is 0 Å². The van der Waals surface area contributed by atoms with Crippen LogP contribution in [0.15, 0.2) is 12.4 Å². The Hall–Kier alpha value is -0.910. The number of imidazole rings is 1. The number of ether oxygens (including phenoxy) is 1. The minimum atomic E-state index is -0.428. The van der Waals surface area contributed by atoms with Crippen molar-refractivity contribution in [3.8, 4) is 0 Å². The van der Waals surface area contributed by atoms with Crippen molar-refractivity contribution in [2.75, 3.05) is 26.3 Å². The first-order valence-corrected chi connectivity index (χ1v) is 7.66. The predicted octanol–water partition coefficient (Wildman–Crippen LogP) is 1.51. The van der Waals surface area contributed by atoms with Crippen molar-refractivity contribution in [1.82, 2.24) is 14.9 Å². The fraction of sp³-hybridized carbons (Fsp3) is 0.800. The van der Waals surface area contributed by atoms with Gasteiger partial charge in [0, 0.05) is 45.6 Å². The molecule has 1 aromatic heterocycles. The van der Waals surface area contributed by atoms with E-state index >= 15 is 0 Å². The van der Waals surface area contributed by atoms with Gasteiger partial charge >= 0.3 is 0 Å². The normalized spacial score (nSPS) is 12.8. The van der Waals surface area contributed by atoms with E-state index in [0.29, 0.717) is 13.2 Å². The Bertz CT molecular complexity index is 342. The third-order valence-electron chi connectivity index (χ3n) is 3.28. The fourth-order valence-corrected chi connectivity index (χ4v) is 2.02. The Labute approximate surface area is 122 Å². The summed E-state index contributed by atoms with van der Waals surface area (Å²) in [6.45, 7) is 4.75. The molecule has 0 radical (unpaired) electrons. The number of nitrogens with one attached hydrogen (secondary N) is 1. The fourth-order valence-electron chi connectivity index (χ4n) is 2.02. The SMILES string of the molecule is CCCCCCOCC(O)CNCCc1nccn1C. The number of nitrogens with zero attached hydrogens (tertiary/aromatic N) is 2. The Morgan fingerprint density at radius 2 is 2.25 bits per heavy atom. The molecule has 2 N–H and O–H groups in total. The number of rotatable bonds is 12. The van der Waals surface area contributed by atoms with Gasteiger partial charge < -0.3 is 19.7 Å². The number of hydrogen-bond donors (Lipinski definition) is 2. The first-order chi connectivity index (χ1) is 9.74. The van der Waals surface area contributed by atoms with E-state index in [0.717, 1.165) is 31.8 Å². The van der Waals surface area contributed by atoms with Crippen LogP contribution in [0.5, 0.6) is 0 Å². The molecular weight excluding hydrogens is 254 g/mol. The highest BCUT2D eigenvalue weighted by Crippen LogP contribution is 1.99. The zero-order valence-electron chi connectivity index (χ0n) is 12.8. The predicted molar refractivity (Wildman–Crippen MR) is 80.7 cm³/mol. The third-order valence-corrected chi connectivity index (χ3v) is 3.28. The van der Waals surface area contributed by atoms with Crippen LogP contribution < -0.4 is 5.32 Å². The Balaban J connectivity index is 1.92. The molecule has 0 bridgehead atoms. The van der Waals surface area contributed by atoms with Gasteiger partial charge in [0.05, 0.1) is 12.7 Å². The zero-order valence-corrected chi connectivity index (χ0v) is 12.8. The van der Waals surface area contributed by atoms with E-state index in [4.69, 9.17) is 4.74 Å². The molecule has 1 rings (SSSR count). The smallest absolute Gasteiger partial charge is 0.109 e. The van der Waals surface area contributed by atoms with Crippen LogP contribution >= 0.6 is 0 Å². The minimum Gasteiger partial charge on any atom is -0.389 e. The molecule has 1 aromatic rings. The summed E-state index contributed by atoms with van der Waals surface area (Å²) in [5.74, 6) is 1.05. The summed E-state index contributed by atoms with van der Waals surface area (Å²) in [6, 6.07) is 0. The highest BCUT2D eigenvalue weighted by Gasteiger charge is 2.04. The quantitative estimate of drug-likeness (QED) is 0.571. The summed E-state index contributed by atoms with van der Waals surface area (Å²) in [5.41, 5.74) is 0. The molecule has 1 heterocycles. The lowest BCUT2D eigenvalue weighted by atomic mass is 10.2. The highest BCUT2D eigenvalue weighted by molar-refractivity contribution is 4.91. The zero-order chi connectivity index (χ0) is 14.6. The molecule has 0 spiro atoms. The number of aliphatic hydroxyl groups is 1. The topological polar surface area (TPSA) is 59.3 Å². The van der Waals surface area contributed by atoms with Crippen molar-refractivity contribution in [3.63, 3.8) is 0 Å². The molecule has 20 heavy (non-hydrogen) atoms. The van der Waals surface area contributed by atoms with Crippen molar-refractivity contribution in [2.45, 2.75) is 45.1 Å². The third kappa shape index (κ3) is 7.62. The van der Waals surface area contributed by atoms with Crippen molar-refractivity contribution in [3.05, 3.63) is 18.2 Å². The van der Waals surface area contributed by atoms with Crippen molar-refractivity contribution < 1.29 is 9.84 Å². The molecule has 0 saturated carbocycles. The van der Waals surface area contributed by atoms with Crippen LogP contribution in [-0.4, -0.2) is 47.1 Å². The van der Waals surface area contributed by atoms with E-state index in [2.05, 4.69) is 17.2 Å². The van der Waals surface area contributed by atoms with E-state index in [1.165, 1.54) is 19.3 Å². The number of aromatic nitrogens is 2. The van der Waals surface area contributed by atoms with Gasteiger partial charge in [-0.3, -0.25) is 0 Å². The summed E-state index contributed by atoms with van der Waals surface area (Å²) in [4.78, 5) is 4.25. The molecule has 0 saturated heterocycles. The van der Waals surface area contributed by atoms with Crippen LogP contribution in [0.3, 0.4) is 0 Å². The van der Waals surface area contributed by atoms with Crippen molar-refractivity contribution in [1.29, 1.82) is 0 Å². The molecule has 0 amide bonds. The van der Waals surface area contributed by atoms with Crippen molar-refractivity contribution in [2.24, 2.45) is 7.05 Å². The molecule has 0 aliphatic carbocycles. The van der Waals surface area contributed by atoms with E-state index in [1.54, 1.807) is 6.20 Å². The van der Waals surface area contributed by atoms with Gasteiger partial charge in [-0.25, -0.2) is 4.98 Å². The molecule has 1 unspecified atom stereocenters. The van der Waals surface area contributed by atoms with Crippen LogP contribution in [-0.2, 0) is 18.2 Å². The molecule has 0 aromatic carbocycles. The molecule has 0 fully saturated rings. The molecule has 0 aliphatic rings. The summed E-state index contributed by atoms with van der Waals surface area (Å²) >= 11 is 0. The van der Waals surface area contributed by atoms with Gasteiger partial charge in [0.25, 0.3) is 0 Å². The minimum absolute atomic E-state index is 0.418. The van der Waals surface area contributed by atoms with Crippen molar-refractivity contribution >= 4 is 0 Å². The Morgan fingerprint density at radius 1 is 1.40 bits per heavy atom. The second-order valence-corrected chi connectivity index (χ2v) is 5.20. The van der Waals surface area contributed by atoms with Crippen LogP contribution in [0.2, 0.25) is 0 Å². The van der Waals surface area contributed by atoms with E-state index in [-0.39, 0.29) is 0 Å². The van der Waals surface area contributed by atoms with E-state index in [9.17, 15) is 5.11 Å².